The average Bonchev–Trinajstić information content (AvgIpc) is 3.52. The van der Waals surface area contributed by atoms with Crippen LogP contribution in [0.25, 0.3) is 27.3 Å². The van der Waals surface area contributed by atoms with E-state index in [9.17, 15) is 9.59 Å². The van der Waals surface area contributed by atoms with Gasteiger partial charge in [-0.3, -0.25) is 9.36 Å². The fourth-order valence-corrected chi connectivity index (χ4v) is 5.84. The van der Waals surface area contributed by atoms with Gasteiger partial charge in [0.25, 0.3) is 0 Å². The van der Waals surface area contributed by atoms with E-state index in [1.807, 2.05) is 30.3 Å². The molecule has 6 nitrogen and oxygen atoms in total. The summed E-state index contributed by atoms with van der Waals surface area (Å²) in [6.07, 6.45) is 3.02. The van der Waals surface area contributed by atoms with E-state index in [0.717, 1.165) is 35.0 Å². The number of benzene rings is 2. The minimum absolute atomic E-state index is 0.0627. The molecule has 5 aromatic rings. The van der Waals surface area contributed by atoms with E-state index in [1.54, 1.807) is 40.2 Å². The number of Topliss-reactive ketones (excluding diaryl/α,β-unsaturated/α-hetero) is 1. The average molecular weight is 461 g/mol. The van der Waals surface area contributed by atoms with Gasteiger partial charge in [0, 0.05) is 21.0 Å². The first kappa shape index (κ1) is 19.4. The molecule has 6 rings (SSSR count). The zero-order valence-electron chi connectivity index (χ0n) is 16.9. The Balaban J connectivity index is 1.58. The largest absolute Gasteiger partial charge is 0.352 e. The van der Waals surface area contributed by atoms with Crippen LogP contribution >= 0.6 is 22.9 Å². The number of aromatic nitrogens is 4. The van der Waals surface area contributed by atoms with Crippen molar-refractivity contribution in [1.29, 1.82) is 0 Å². The lowest BCUT2D eigenvalue weighted by Gasteiger charge is -2.08. The first-order chi connectivity index (χ1) is 15.6. The maximum Gasteiger partial charge on any atom is 0.352 e. The van der Waals surface area contributed by atoms with Gasteiger partial charge >= 0.3 is 5.69 Å². The topological polar surface area (TPSA) is 69.3 Å². The van der Waals surface area contributed by atoms with Crippen molar-refractivity contribution < 1.29 is 4.79 Å². The Labute approximate surface area is 191 Å². The summed E-state index contributed by atoms with van der Waals surface area (Å²) < 4.78 is 2.90. The number of rotatable bonds is 4. The highest BCUT2D eigenvalue weighted by molar-refractivity contribution is 7.19. The highest BCUT2D eigenvalue weighted by atomic mass is 35.5. The number of thiophene rings is 1. The molecule has 0 bridgehead atoms. The van der Waals surface area contributed by atoms with Gasteiger partial charge in [0.1, 0.15) is 4.83 Å². The van der Waals surface area contributed by atoms with Gasteiger partial charge in [0.2, 0.25) is 0 Å². The van der Waals surface area contributed by atoms with Crippen molar-refractivity contribution in [1.82, 2.24) is 19.2 Å². The predicted octanol–water partition coefficient (Wildman–Crippen LogP) is 4.80. The minimum Gasteiger partial charge on any atom is -0.292 e. The van der Waals surface area contributed by atoms with Crippen molar-refractivity contribution in [3.05, 3.63) is 86.1 Å². The Hall–Kier alpha value is -3.29. The molecule has 0 spiro atoms. The van der Waals surface area contributed by atoms with Gasteiger partial charge < -0.3 is 0 Å². The number of hydrogen-bond donors (Lipinski definition) is 0. The van der Waals surface area contributed by atoms with Crippen molar-refractivity contribution in [3.63, 3.8) is 0 Å². The van der Waals surface area contributed by atoms with Crippen LogP contribution < -0.4 is 5.69 Å². The van der Waals surface area contributed by atoms with Gasteiger partial charge in [-0.25, -0.2) is 9.78 Å². The number of aryl methyl sites for hydroxylation is 2. The van der Waals surface area contributed by atoms with Crippen LogP contribution in [0, 0.1) is 0 Å². The molecule has 0 N–H and O–H groups in total. The minimum atomic E-state index is -0.357. The van der Waals surface area contributed by atoms with E-state index in [0.29, 0.717) is 22.1 Å². The van der Waals surface area contributed by atoms with Crippen molar-refractivity contribution >= 4 is 44.6 Å². The second kappa shape index (κ2) is 7.39. The Morgan fingerprint density at radius 1 is 1.06 bits per heavy atom. The van der Waals surface area contributed by atoms with Gasteiger partial charge in [-0.2, -0.15) is 4.52 Å². The SMILES string of the molecule is O=C(Cn1c(=O)n2nc(-c3ccccc3)nc2c2c3c(sc21)CCC3)c1ccc(Cl)cc1. The smallest absolute Gasteiger partial charge is 0.292 e. The predicted molar refractivity (Wildman–Crippen MR) is 126 cm³/mol. The quantitative estimate of drug-likeness (QED) is 0.361. The standard InChI is InChI=1S/C24H17ClN4O2S/c25-16-11-9-14(10-12-16)18(30)13-28-23-20(17-7-4-8-19(17)32-23)22-26-21(27-29(22)24(28)31)15-5-2-1-3-6-15/h1-3,5-6,9-12H,4,7-8,13H2. The van der Waals surface area contributed by atoms with Crippen LogP contribution in [0.5, 0.6) is 0 Å². The number of carbonyl (C=O) groups excluding carboxylic acids is 1. The fourth-order valence-electron chi connectivity index (χ4n) is 4.34. The molecule has 32 heavy (non-hydrogen) atoms. The molecule has 1 aliphatic carbocycles. The van der Waals surface area contributed by atoms with Crippen LogP contribution in [-0.4, -0.2) is 24.9 Å². The molecule has 0 saturated carbocycles. The molecule has 0 aliphatic heterocycles. The molecule has 0 fully saturated rings. The normalized spacial score (nSPS) is 13.2. The van der Waals surface area contributed by atoms with E-state index < -0.39 is 0 Å². The van der Waals surface area contributed by atoms with Gasteiger partial charge in [0.05, 0.1) is 11.9 Å². The zero-order chi connectivity index (χ0) is 21.8. The van der Waals surface area contributed by atoms with Crippen molar-refractivity contribution in [2.24, 2.45) is 0 Å². The van der Waals surface area contributed by atoms with E-state index >= 15 is 0 Å². The molecule has 0 saturated heterocycles. The van der Waals surface area contributed by atoms with Gasteiger partial charge in [-0.15, -0.1) is 16.4 Å². The molecular weight excluding hydrogens is 444 g/mol. The zero-order valence-corrected chi connectivity index (χ0v) is 18.5. The van der Waals surface area contributed by atoms with Crippen LogP contribution in [0.3, 0.4) is 0 Å². The third-order valence-electron chi connectivity index (χ3n) is 5.89. The first-order valence-electron chi connectivity index (χ1n) is 10.4. The molecule has 3 heterocycles. The lowest BCUT2D eigenvalue weighted by Crippen LogP contribution is -2.30. The third kappa shape index (κ3) is 3.00. The Bertz CT molecular complexity index is 1570. The Morgan fingerprint density at radius 2 is 1.84 bits per heavy atom. The molecule has 8 heteroatoms. The van der Waals surface area contributed by atoms with Crippen LogP contribution in [-0.2, 0) is 19.4 Å². The highest BCUT2D eigenvalue weighted by Gasteiger charge is 2.26. The molecule has 0 amide bonds. The van der Waals surface area contributed by atoms with Gasteiger partial charge in [0.15, 0.2) is 17.3 Å². The number of ketones is 1. The van der Waals surface area contributed by atoms with Crippen LogP contribution in [0.15, 0.2) is 59.4 Å². The monoisotopic (exact) mass is 460 g/mol. The summed E-state index contributed by atoms with van der Waals surface area (Å²) in [5.74, 6) is 0.352. The summed E-state index contributed by atoms with van der Waals surface area (Å²) in [5.41, 5.74) is 2.80. The number of halogens is 1. The number of fused-ring (bicyclic) bond motifs is 5. The molecule has 0 radical (unpaired) electrons. The maximum atomic E-state index is 13.5. The van der Waals surface area contributed by atoms with Crippen LogP contribution in [0.1, 0.15) is 27.2 Å². The molecule has 0 unspecified atom stereocenters. The summed E-state index contributed by atoms with van der Waals surface area (Å²) >= 11 is 7.55. The summed E-state index contributed by atoms with van der Waals surface area (Å²) in [4.78, 5) is 33.3. The lowest BCUT2D eigenvalue weighted by atomic mass is 10.1. The van der Waals surface area contributed by atoms with Crippen LogP contribution in [0.4, 0.5) is 0 Å². The van der Waals surface area contributed by atoms with E-state index in [2.05, 4.69) is 5.10 Å². The Morgan fingerprint density at radius 3 is 2.62 bits per heavy atom. The van der Waals surface area contributed by atoms with E-state index in [4.69, 9.17) is 16.6 Å². The molecule has 1 aliphatic rings. The van der Waals surface area contributed by atoms with Crippen LogP contribution in [0.2, 0.25) is 5.02 Å². The second-order valence-electron chi connectivity index (χ2n) is 7.87. The summed E-state index contributed by atoms with van der Waals surface area (Å²) in [7, 11) is 0. The van der Waals surface area contributed by atoms with Gasteiger partial charge in [-0.1, -0.05) is 41.9 Å². The fraction of sp³-hybridized carbons (Fsp3) is 0.167. The lowest BCUT2D eigenvalue weighted by molar-refractivity contribution is 0.0972. The summed E-state index contributed by atoms with van der Waals surface area (Å²) in [6, 6.07) is 16.3. The van der Waals surface area contributed by atoms with E-state index in [-0.39, 0.29) is 18.0 Å². The maximum absolute atomic E-state index is 13.5. The molecular formula is C24H17ClN4O2S. The highest BCUT2D eigenvalue weighted by Crippen LogP contribution is 2.38. The number of nitrogens with zero attached hydrogens (tertiary/aromatic N) is 4. The Kier molecular flexibility index (Phi) is 4.48. The second-order valence-corrected chi connectivity index (χ2v) is 9.39. The van der Waals surface area contributed by atoms with Crippen molar-refractivity contribution in [2.75, 3.05) is 0 Å². The van der Waals surface area contributed by atoms with Gasteiger partial charge in [-0.05, 0) is 49.1 Å². The molecule has 0 atom stereocenters. The number of hydrogen-bond acceptors (Lipinski definition) is 5. The van der Waals surface area contributed by atoms with Crippen molar-refractivity contribution in [2.45, 2.75) is 25.8 Å². The first-order valence-corrected chi connectivity index (χ1v) is 11.6. The third-order valence-corrected chi connectivity index (χ3v) is 7.46. The molecule has 2 aromatic carbocycles. The molecule has 158 valence electrons. The number of carbonyl (C=O) groups is 1. The summed E-state index contributed by atoms with van der Waals surface area (Å²) in [5, 5.41) is 6.05. The summed E-state index contributed by atoms with van der Waals surface area (Å²) in [6.45, 7) is -0.0627. The van der Waals surface area contributed by atoms with E-state index in [1.165, 1.54) is 15.0 Å². The van der Waals surface area contributed by atoms with Crippen molar-refractivity contribution in [3.8, 4) is 11.4 Å². The molecule has 3 aromatic heterocycles.